The first-order valence-corrected chi connectivity index (χ1v) is 8.80. The highest BCUT2D eigenvalue weighted by Crippen LogP contribution is 2.24. The Balaban J connectivity index is 2.17. The number of aryl methyl sites for hydroxylation is 1. The summed E-state index contributed by atoms with van der Waals surface area (Å²) in [6, 6.07) is 14.2. The predicted molar refractivity (Wildman–Crippen MR) is 110 cm³/mol. The van der Waals surface area contributed by atoms with E-state index in [2.05, 4.69) is 16.9 Å². The molecule has 0 unspecified atom stereocenters. The fraction of sp³-hybridized carbons (Fsp3) is 0.0909. The molecule has 29 heavy (non-hydrogen) atoms. The summed E-state index contributed by atoms with van der Waals surface area (Å²) >= 11 is 0. The molecule has 0 spiro atoms. The van der Waals surface area contributed by atoms with Gasteiger partial charge >= 0.3 is 0 Å². The summed E-state index contributed by atoms with van der Waals surface area (Å²) in [5.74, 6) is -0.121. The first-order valence-electron chi connectivity index (χ1n) is 8.80. The van der Waals surface area contributed by atoms with E-state index < -0.39 is 11.5 Å². The minimum absolute atomic E-state index is 0.000471. The molecule has 0 radical (unpaired) electrons. The van der Waals surface area contributed by atoms with Crippen molar-refractivity contribution < 1.29 is 9.53 Å². The van der Waals surface area contributed by atoms with Gasteiger partial charge in [-0.25, -0.2) is 0 Å². The van der Waals surface area contributed by atoms with E-state index in [1.54, 1.807) is 36.5 Å². The number of hydrogen-bond donors (Lipinski definition) is 1. The summed E-state index contributed by atoms with van der Waals surface area (Å²) in [5, 5.41) is 11.9. The Morgan fingerprint density at radius 2 is 2.17 bits per heavy atom. The number of amides is 1. The first kappa shape index (κ1) is 19.6. The highest BCUT2D eigenvalue weighted by Gasteiger charge is 2.17. The maximum atomic E-state index is 13.0. The summed E-state index contributed by atoms with van der Waals surface area (Å²) in [6.45, 7) is 5.62. The number of nitrogens with zero attached hydrogens (tertiary/aromatic N) is 3. The van der Waals surface area contributed by atoms with Gasteiger partial charge in [-0.1, -0.05) is 24.3 Å². The van der Waals surface area contributed by atoms with Gasteiger partial charge < -0.3 is 10.1 Å². The van der Waals surface area contributed by atoms with Gasteiger partial charge in [-0.05, 0) is 42.8 Å². The van der Waals surface area contributed by atoms with E-state index in [0.29, 0.717) is 11.4 Å². The second-order valence-corrected chi connectivity index (χ2v) is 6.15. The molecule has 2 aromatic heterocycles. The first-order chi connectivity index (χ1) is 14.0. The molecule has 3 rings (SSSR count). The Morgan fingerprint density at radius 1 is 1.34 bits per heavy atom. The third-order valence-corrected chi connectivity index (χ3v) is 4.00. The number of carbonyl (C=O) groups is 1. The normalized spacial score (nSPS) is 11.0. The number of nitrogens with one attached hydrogen (secondary N) is 1. The SMILES string of the molecule is C=CCNC(=O)C(C#N)=Cc1c(Oc2cccc(C)c2)nc2ccccn2c1=O. The molecular weight excluding hydrogens is 368 g/mol. The van der Waals surface area contributed by atoms with E-state index in [4.69, 9.17) is 4.74 Å². The number of pyridine rings is 1. The van der Waals surface area contributed by atoms with Crippen LogP contribution in [0.15, 0.2) is 71.7 Å². The lowest BCUT2D eigenvalue weighted by molar-refractivity contribution is -0.116. The molecule has 1 aromatic carbocycles. The quantitative estimate of drug-likeness (QED) is 0.399. The molecule has 0 aliphatic carbocycles. The number of benzene rings is 1. The summed E-state index contributed by atoms with van der Waals surface area (Å²) in [4.78, 5) is 29.7. The van der Waals surface area contributed by atoms with Gasteiger partial charge in [0.1, 0.15) is 28.6 Å². The molecule has 3 aromatic rings. The zero-order valence-electron chi connectivity index (χ0n) is 15.8. The molecule has 144 valence electrons. The van der Waals surface area contributed by atoms with E-state index in [0.717, 1.165) is 5.56 Å². The van der Waals surface area contributed by atoms with E-state index >= 15 is 0 Å². The summed E-state index contributed by atoms with van der Waals surface area (Å²) in [7, 11) is 0. The van der Waals surface area contributed by atoms with Crippen LogP contribution in [0, 0.1) is 18.3 Å². The standard InChI is InChI=1S/C22H18N4O3/c1-3-10-24-20(27)16(14-23)13-18-21(29-17-8-6-7-15(2)12-17)25-19-9-4-5-11-26(19)22(18)28/h3-9,11-13H,1,10H2,2H3,(H,24,27). The van der Waals surface area contributed by atoms with Crippen LogP contribution in [0.1, 0.15) is 11.1 Å². The number of ether oxygens (including phenoxy) is 1. The van der Waals surface area contributed by atoms with Crippen LogP contribution in [0.25, 0.3) is 11.7 Å². The van der Waals surface area contributed by atoms with Crippen LogP contribution in [-0.4, -0.2) is 21.8 Å². The Kier molecular flexibility index (Phi) is 5.85. The molecule has 0 aliphatic rings. The lowest BCUT2D eigenvalue weighted by Crippen LogP contribution is -2.25. The second-order valence-electron chi connectivity index (χ2n) is 6.15. The van der Waals surface area contributed by atoms with Gasteiger partial charge in [0.15, 0.2) is 0 Å². The van der Waals surface area contributed by atoms with Crippen LogP contribution in [-0.2, 0) is 4.79 Å². The van der Waals surface area contributed by atoms with Crippen molar-refractivity contribution in [1.82, 2.24) is 14.7 Å². The summed E-state index contributed by atoms with van der Waals surface area (Å²) < 4.78 is 7.18. The lowest BCUT2D eigenvalue weighted by Gasteiger charge is -2.10. The molecule has 0 fully saturated rings. The average Bonchev–Trinajstić information content (AvgIpc) is 2.72. The molecular formula is C22H18N4O3. The Hall–Kier alpha value is -4.18. The van der Waals surface area contributed by atoms with Crippen molar-refractivity contribution in [1.29, 1.82) is 5.26 Å². The lowest BCUT2D eigenvalue weighted by atomic mass is 10.1. The third kappa shape index (κ3) is 4.39. The molecule has 1 N–H and O–H groups in total. The Labute approximate surface area is 167 Å². The Bertz CT molecular complexity index is 1220. The molecule has 2 heterocycles. The van der Waals surface area contributed by atoms with Gasteiger partial charge in [0.25, 0.3) is 11.5 Å². The van der Waals surface area contributed by atoms with E-state index in [1.165, 1.54) is 16.6 Å². The smallest absolute Gasteiger partial charge is 0.269 e. The van der Waals surface area contributed by atoms with Gasteiger partial charge in [0.2, 0.25) is 5.88 Å². The zero-order chi connectivity index (χ0) is 20.8. The van der Waals surface area contributed by atoms with E-state index in [1.807, 2.05) is 25.1 Å². The number of hydrogen-bond acceptors (Lipinski definition) is 5. The minimum Gasteiger partial charge on any atom is -0.438 e. The fourth-order valence-corrected chi connectivity index (χ4v) is 2.63. The highest BCUT2D eigenvalue weighted by atomic mass is 16.5. The second kappa shape index (κ2) is 8.67. The molecule has 7 heteroatoms. The van der Waals surface area contributed by atoms with Gasteiger partial charge in [0, 0.05) is 12.7 Å². The van der Waals surface area contributed by atoms with Crippen molar-refractivity contribution >= 4 is 17.6 Å². The van der Waals surface area contributed by atoms with Gasteiger partial charge in [-0.2, -0.15) is 10.2 Å². The van der Waals surface area contributed by atoms with E-state index in [9.17, 15) is 14.9 Å². The molecule has 0 atom stereocenters. The van der Waals surface area contributed by atoms with Gasteiger partial charge in [-0.3, -0.25) is 14.0 Å². The highest BCUT2D eigenvalue weighted by molar-refractivity contribution is 6.02. The topological polar surface area (TPSA) is 96.5 Å². The third-order valence-electron chi connectivity index (χ3n) is 4.00. The van der Waals surface area contributed by atoms with Gasteiger partial charge in [-0.15, -0.1) is 6.58 Å². The van der Waals surface area contributed by atoms with Crippen LogP contribution >= 0.6 is 0 Å². The largest absolute Gasteiger partial charge is 0.438 e. The molecule has 0 saturated heterocycles. The molecule has 0 aliphatic heterocycles. The molecule has 0 bridgehead atoms. The molecule has 1 amide bonds. The molecule has 7 nitrogen and oxygen atoms in total. The van der Waals surface area contributed by atoms with Crippen LogP contribution in [0.4, 0.5) is 0 Å². The molecule has 0 saturated carbocycles. The van der Waals surface area contributed by atoms with Crippen molar-refractivity contribution in [2.45, 2.75) is 6.92 Å². The van der Waals surface area contributed by atoms with Crippen molar-refractivity contribution in [3.8, 4) is 17.7 Å². The van der Waals surface area contributed by atoms with Crippen molar-refractivity contribution in [2.24, 2.45) is 0 Å². The zero-order valence-corrected chi connectivity index (χ0v) is 15.8. The van der Waals surface area contributed by atoms with Crippen molar-refractivity contribution in [2.75, 3.05) is 6.54 Å². The number of aromatic nitrogens is 2. The number of fused-ring (bicyclic) bond motifs is 1. The predicted octanol–water partition coefficient (Wildman–Crippen LogP) is 3.00. The number of carbonyl (C=O) groups excluding carboxylic acids is 1. The van der Waals surface area contributed by atoms with Crippen LogP contribution in [0.2, 0.25) is 0 Å². The van der Waals surface area contributed by atoms with Gasteiger partial charge in [0.05, 0.1) is 0 Å². The van der Waals surface area contributed by atoms with Crippen LogP contribution < -0.4 is 15.6 Å². The van der Waals surface area contributed by atoms with Crippen LogP contribution in [0.5, 0.6) is 11.6 Å². The Morgan fingerprint density at radius 3 is 2.90 bits per heavy atom. The number of rotatable bonds is 6. The maximum Gasteiger partial charge on any atom is 0.269 e. The van der Waals surface area contributed by atoms with Crippen molar-refractivity contribution in [3.05, 3.63) is 88.4 Å². The average molecular weight is 386 g/mol. The maximum absolute atomic E-state index is 13.0. The monoisotopic (exact) mass is 386 g/mol. The van der Waals surface area contributed by atoms with E-state index in [-0.39, 0.29) is 23.6 Å². The summed E-state index contributed by atoms with van der Waals surface area (Å²) in [6.07, 6.45) is 4.24. The minimum atomic E-state index is -0.619. The van der Waals surface area contributed by atoms with Crippen molar-refractivity contribution in [3.63, 3.8) is 0 Å². The van der Waals surface area contributed by atoms with Crippen LogP contribution in [0.3, 0.4) is 0 Å². The number of nitriles is 1. The fourth-order valence-electron chi connectivity index (χ4n) is 2.63. The summed E-state index contributed by atoms with van der Waals surface area (Å²) in [5.41, 5.74) is 0.657.